The monoisotopic (exact) mass is 461 g/mol. The fraction of sp³-hybridized carbons (Fsp3) is 0.240. The Morgan fingerprint density at radius 1 is 0.970 bits per heavy atom. The molecule has 8 heteroatoms. The number of oxazole rings is 1. The smallest absolute Gasteiger partial charge is 0.264 e. The average Bonchev–Trinajstić information content (AvgIpc) is 3.37. The molecule has 3 aromatic heterocycles. The minimum absolute atomic E-state index is 0.393. The van der Waals surface area contributed by atoms with Gasteiger partial charge in [-0.25, -0.2) is 20.0 Å². The Morgan fingerprint density at radius 2 is 1.82 bits per heavy atom. The predicted molar refractivity (Wildman–Crippen MR) is 137 cm³/mol. The first-order chi connectivity index (χ1) is 15.9. The lowest BCUT2D eigenvalue weighted by Gasteiger charge is -2.24. The molecular formula is C25H27N5O2S. The molecule has 0 amide bonds. The van der Waals surface area contributed by atoms with Crippen molar-refractivity contribution in [3.63, 3.8) is 0 Å². The normalized spacial score (nSPS) is 12.6. The van der Waals surface area contributed by atoms with Crippen molar-refractivity contribution in [2.75, 3.05) is 36.9 Å². The standard InChI is InChI=1S/C25H27N5O2S/c1-33(2,3)11-10-31-16-30-22-7-5-4-6-20(22)28-24(30)25-29-21-9-8-17(13-23(21)32-25)18-12-19(26)15-27-14-18/h4-9,12-15H,10-11,16,26H2,1-3H3. The number of hydrogen-bond donors (Lipinski definition) is 1. The second-order valence-corrected chi connectivity index (χ2v) is 13.5. The van der Waals surface area contributed by atoms with Crippen molar-refractivity contribution in [1.82, 2.24) is 19.5 Å². The highest BCUT2D eigenvalue weighted by atomic mass is 32.3. The summed E-state index contributed by atoms with van der Waals surface area (Å²) in [5.41, 5.74) is 11.7. The number of nitrogens with zero attached hydrogens (tertiary/aromatic N) is 4. The van der Waals surface area contributed by atoms with Gasteiger partial charge in [0.1, 0.15) is 12.2 Å². The summed E-state index contributed by atoms with van der Waals surface area (Å²) in [6, 6.07) is 15.8. The van der Waals surface area contributed by atoms with E-state index in [9.17, 15) is 0 Å². The van der Waals surface area contributed by atoms with E-state index in [1.807, 2.05) is 53.1 Å². The van der Waals surface area contributed by atoms with Crippen molar-refractivity contribution in [2.45, 2.75) is 6.73 Å². The molecule has 3 heterocycles. The summed E-state index contributed by atoms with van der Waals surface area (Å²) in [6.07, 6.45) is 10.3. The van der Waals surface area contributed by atoms with Crippen molar-refractivity contribution in [3.8, 4) is 22.8 Å². The molecule has 0 unspecified atom stereocenters. The molecule has 0 radical (unpaired) electrons. The number of aromatic nitrogens is 4. The van der Waals surface area contributed by atoms with Gasteiger partial charge in [-0.1, -0.05) is 18.2 Å². The lowest BCUT2D eigenvalue weighted by molar-refractivity contribution is 0.0931. The van der Waals surface area contributed by atoms with Gasteiger partial charge in [0, 0.05) is 23.7 Å². The van der Waals surface area contributed by atoms with Crippen LogP contribution in [0.4, 0.5) is 5.69 Å². The Morgan fingerprint density at radius 3 is 2.64 bits per heavy atom. The Kier molecular flexibility index (Phi) is 5.55. The molecule has 33 heavy (non-hydrogen) atoms. The Hall–Kier alpha value is -3.36. The molecule has 0 aliphatic rings. The lowest BCUT2D eigenvalue weighted by Crippen LogP contribution is -2.10. The topological polar surface area (TPSA) is 92.0 Å². The van der Waals surface area contributed by atoms with E-state index in [4.69, 9.17) is 24.9 Å². The number of anilines is 1. The number of imidazole rings is 1. The molecule has 0 aliphatic heterocycles. The molecule has 0 atom stereocenters. The summed E-state index contributed by atoms with van der Waals surface area (Å²) < 4.78 is 14.3. The molecule has 0 saturated heterocycles. The van der Waals surface area contributed by atoms with Crippen LogP contribution in [0.3, 0.4) is 0 Å². The van der Waals surface area contributed by atoms with E-state index in [0.29, 0.717) is 36.3 Å². The minimum Gasteiger partial charge on any atom is -0.434 e. The van der Waals surface area contributed by atoms with Crippen molar-refractivity contribution < 1.29 is 9.15 Å². The summed E-state index contributed by atoms with van der Waals surface area (Å²) in [6.45, 7) is 1.10. The molecule has 0 aliphatic carbocycles. The minimum atomic E-state index is -0.610. The van der Waals surface area contributed by atoms with Crippen LogP contribution in [0.25, 0.3) is 45.0 Å². The highest BCUT2D eigenvalue weighted by molar-refractivity contribution is 8.32. The van der Waals surface area contributed by atoms with E-state index in [2.05, 4.69) is 23.8 Å². The zero-order valence-corrected chi connectivity index (χ0v) is 19.8. The maximum Gasteiger partial charge on any atom is 0.264 e. The Balaban J connectivity index is 1.51. The highest BCUT2D eigenvalue weighted by Crippen LogP contribution is 2.34. The van der Waals surface area contributed by atoms with E-state index < -0.39 is 10.0 Å². The molecule has 170 valence electrons. The first-order valence-electron chi connectivity index (χ1n) is 10.7. The van der Waals surface area contributed by atoms with Crippen molar-refractivity contribution in [3.05, 3.63) is 60.9 Å². The second kappa shape index (κ2) is 8.53. The van der Waals surface area contributed by atoms with Gasteiger partial charge in [0.15, 0.2) is 11.4 Å². The highest BCUT2D eigenvalue weighted by Gasteiger charge is 2.18. The van der Waals surface area contributed by atoms with E-state index in [1.165, 1.54) is 0 Å². The molecule has 5 aromatic rings. The molecule has 0 saturated carbocycles. The molecule has 0 fully saturated rings. The molecule has 2 N–H and O–H groups in total. The van der Waals surface area contributed by atoms with E-state index >= 15 is 0 Å². The Labute approximate surface area is 193 Å². The quantitative estimate of drug-likeness (QED) is 0.337. The first-order valence-corrected chi connectivity index (χ1v) is 13.7. The lowest BCUT2D eigenvalue weighted by atomic mass is 10.1. The van der Waals surface area contributed by atoms with Gasteiger partial charge in [-0.15, -0.1) is 0 Å². The molecule has 0 spiro atoms. The van der Waals surface area contributed by atoms with Crippen LogP contribution >= 0.6 is 10.0 Å². The van der Waals surface area contributed by atoms with Gasteiger partial charge in [0.2, 0.25) is 0 Å². The number of pyridine rings is 1. The number of nitrogens with two attached hydrogens (primary N) is 1. The Bertz CT molecular complexity index is 1430. The second-order valence-electron chi connectivity index (χ2n) is 8.89. The molecule has 2 aromatic carbocycles. The van der Waals surface area contributed by atoms with Gasteiger partial charge >= 0.3 is 0 Å². The molecule has 7 nitrogen and oxygen atoms in total. The third-order valence-corrected chi connectivity index (χ3v) is 6.78. The van der Waals surface area contributed by atoms with Crippen LogP contribution in [0.1, 0.15) is 0 Å². The van der Waals surface area contributed by atoms with Crippen LogP contribution in [0.2, 0.25) is 0 Å². The number of benzene rings is 2. The van der Waals surface area contributed by atoms with Gasteiger partial charge < -0.3 is 14.9 Å². The maximum absolute atomic E-state index is 6.18. The van der Waals surface area contributed by atoms with Crippen LogP contribution < -0.4 is 5.73 Å². The predicted octanol–water partition coefficient (Wildman–Crippen LogP) is 5.16. The first kappa shape index (κ1) is 21.5. The fourth-order valence-corrected chi connectivity index (χ4v) is 4.27. The summed E-state index contributed by atoms with van der Waals surface area (Å²) >= 11 is 0. The van der Waals surface area contributed by atoms with Crippen molar-refractivity contribution in [2.24, 2.45) is 0 Å². The van der Waals surface area contributed by atoms with E-state index in [1.54, 1.807) is 12.4 Å². The van der Waals surface area contributed by atoms with E-state index in [-0.39, 0.29) is 0 Å². The van der Waals surface area contributed by atoms with Gasteiger partial charge in [0.05, 0.1) is 23.3 Å². The third-order valence-electron chi connectivity index (χ3n) is 5.39. The summed E-state index contributed by atoms with van der Waals surface area (Å²) in [4.78, 5) is 13.7. The van der Waals surface area contributed by atoms with Crippen LogP contribution in [0, 0.1) is 0 Å². The van der Waals surface area contributed by atoms with E-state index in [0.717, 1.165) is 33.4 Å². The van der Waals surface area contributed by atoms with Gasteiger partial charge in [-0.2, -0.15) is 0 Å². The number of nitrogen functional groups attached to an aromatic ring is 1. The number of hydrogen-bond acceptors (Lipinski definition) is 6. The summed E-state index contributed by atoms with van der Waals surface area (Å²) in [7, 11) is -0.610. The van der Waals surface area contributed by atoms with Crippen LogP contribution in [-0.4, -0.2) is 50.6 Å². The maximum atomic E-state index is 6.18. The van der Waals surface area contributed by atoms with Gasteiger partial charge in [-0.05, 0) is 54.7 Å². The largest absolute Gasteiger partial charge is 0.434 e. The zero-order valence-electron chi connectivity index (χ0n) is 19.0. The third kappa shape index (κ3) is 4.58. The van der Waals surface area contributed by atoms with Gasteiger partial charge in [0.25, 0.3) is 5.89 Å². The van der Waals surface area contributed by atoms with Crippen molar-refractivity contribution in [1.29, 1.82) is 0 Å². The summed E-state index contributed by atoms with van der Waals surface area (Å²) in [5, 5.41) is 0. The number of ether oxygens (including phenoxy) is 1. The number of fused-ring (bicyclic) bond motifs is 2. The molecular weight excluding hydrogens is 434 g/mol. The van der Waals surface area contributed by atoms with Gasteiger partial charge in [-0.3, -0.25) is 9.55 Å². The van der Waals surface area contributed by atoms with Crippen LogP contribution in [-0.2, 0) is 11.5 Å². The van der Waals surface area contributed by atoms with Crippen molar-refractivity contribution >= 4 is 37.8 Å². The van der Waals surface area contributed by atoms with Crippen LogP contribution in [0.15, 0.2) is 65.3 Å². The average molecular weight is 462 g/mol. The zero-order chi connectivity index (χ0) is 23.0. The molecule has 5 rings (SSSR count). The molecule has 0 bridgehead atoms. The summed E-state index contributed by atoms with van der Waals surface area (Å²) in [5.74, 6) is 2.18. The van der Waals surface area contributed by atoms with Crippen LogP contribution in [0.5, 0.6) is 0 Å². The number of rotatable bonds is 7. The fourth-order valence-electron chi connectivity index (χ4n) is 3.65. The SMILES string of the molecule is CS(C)(C)CCOCn1c(-c2nc3ccc(-c4cncc(N)c4)cc3o2)nc2ccccc21. The number of para-hydroxylation sites is 2.